The number of anilines is 1. The Morgan fingerprint density at radius 1 is 1.00 bits per heavy atom. The number of nitrogen functional groups attached to an aromatic ring is 1. The van der Waals surface area contributed by atoms with Crippen LogP contribution < -0.4 is 10.5 Å². The fraction of sp³-hybridized carbons (Fsp3) is 0.133. The van der Waals surface area contributed by atoms with Crippen LogP contribution in [0.3, 0.4) is 0 Å². The molecule has 0 aliphatic carbocycles. The van der Waals surface area contributed by atoms with Gasteiger partial charge in [-0.15, -0.1) is 0 Å². The van der Waals surface area contributed by atoms with Crippen molar-refractivity contribution >= 4 is 5.69 Å². The lowest BCUT2D eigenvalue weighted by atomic mass is 10.1. The molecule has 2 N–H and O–H groups in total. The molecule has 0 aliphatic heterocycles. The zero-order chi connectivity index (χ0) is 13.1. The predicted octanol–water partition coefficient (Wildman–Crippen LogP) is 3.55. The van der Waals surface area contributed by atoms with Gasteiger partial charge in [0, 0.05) is 0 Å². The Hall–Kier alpha value is -2.47. The van der Waals surface area contributed by atoms with Gasteiger partial charge < -0.3 is 10.5 Å². The average Bonchev–Trinajstić information content (AvgIpc) is 2.35. The van der Waals surface area contributed by atoms with Gasteiger partial charge in [0.25, 0.3) is 0 Å². The van der Waals surface area contributed by atoms with Crippen LogP contribution in [-0.4, -0.2) is 0 Å². The summed E-state index contributed by atoms with van der Waals surface area (Å²) in [5.74, 6) is 1.18. The van der Waals surface area contributed by atoms with Crippen LogP contribution in [0.4, 0.5) is 5.69 Å². The monoisotopic (exact) mass is 238 g/mol. The van der Waals surface area contributed by atoms with Crippen LogP contribution in [0.25, 0.3) is 0 Å². The SMILES string of the molecule is Cc1cccc(N)c1Oc1c(C)cccc1C#N. The molecule has 0 fully saturated rings. The van der Waals surface area contributed by atoms with Crippen molar-refractivity contribution in [2.24, 2.45) is 0 Å². The van der Waals surface area contributed by atoms with E-state index in [9.17, 15) is 0 Å². The zero-order valence-electron chi connectivity index (χ0n) is 10.4. The molecule has 0 aromatic heterocycles. The molecule has 0 amide bonds. The summed E-state index contributed by atoms with van der Waals surface area (Å²) in [6.07, 6.45) is 0. The van der Waals surface area contributed by atoms with Gasteiger partial charge in [0.05, 0.1) is 11.3 Å². The van der Waals surface area contributed by atoms with Crippen molar-refractivity contribution in [3.8, 4) is 17.6 Å². The summed E-state index contributed by atoms with van der Waals surface area (Å²) in [6.45, 7) is 3.83. The highest BCUT2D eigenvalue weighted by Crippen LogP contribution is 2.34. The molecular formula is C15H14N2O. The van der Waals surface area contributed by atoms with Crippen molar-refractivity contribution < 1.29 is 4.74 Å². The Morgan fingerprint density at radius 3 is 2.22 bits per heavy atom. The molecule has 18 heavy (non-hydrogen) atoms. The molecule has 0 bridgehead atoms. The number of aryl methyl sites for hydroxylation is 2. The van der Waals surface area contributed by atoms with E-state index in [2.05, 4.69) is 6.07 Å². The van der Waals surface area contributed by atoms with Gasteiger partial charge in [-0.25, -0.2) is 0 Å². The first-order valence-electron chi connectivity index (χ1n) is 5.66. The summed E-state index contributed by atoms with van der Waals surface area (Å²) in [5, 5.41) is 9.10. The number of nitrogens with two attached hydrogens (primary N) is 1. The molecule has 3 nitrogen and oxygen atoms in total. The first-order valence-corrected chi connectivity index (χ1v) is 5.66. The van der Waals surface area contributed by atoms with Gasteiger partial charge in [-0.05, 0) is 37.1 Å². The number of para-hydroxylation sites is 2. The van der Waals surface area contributed by atoms with Crippen molar-refractivity contribution in [2.75, 3.05) is 5.73 Å². The van der Waals surface area contributed by atoms with E-state index < -0.39 is 0 Å². The number of hydrogen-bond donors (Lipinski definition) is 1. The maximum atomic E-state index is 9.10. The first kappa shape index (κ1) is 12.0. The second kappa shape index (κ2) is 4.80. The lowest BCUT2D eigenvalue weighted by Crippen LogP contribution is -1.97. The van der Waals surface area contributed by atoms with Crippen LogP contribution >= 0.6 is 0 Å². The molecule has 2 aromatic carbocycles. The molecule has 3 heteroatoms. The smallest absolute Gasteiger partial charge is 0.153 e. The third-order valence-corrected chi connectivity index (χ3v) is 2.78. The van der Waals surface area contributed by atoms with E-state index >= 15 is 0 Å². The number of benzene rings is 2. The predicted molar refractivity (Wildman–Crippen MR) is 71.6 cm³/mol. The summed E-state index contributed by atoms with van der Waals surface area (Å²) in [5.41, 5.74) is 8.85. The van der Waals surface area contributed by atoms with Crippen LogP contribution in [0.15, 0.2) is 36.4 Å². The van der Waals surface area contributed by atoms with Crippen molar-refractivity contribution in [3.63, 3.8) is 0 Å². The van der Waals surface area contributed by atoms with Gasteiger partial charge in [-0.1, -0.05) is 24.3 Å². The van der Waals surface area contributed by atoms with Crippen LogP contribution in [-0.2, 0) is 0 Å². The minimum atomic E-state index is 0.512. The molecule has 0 saturated carbocycles. The Bertz CT molecular complexity index is 607. The fourth-order valence-corrected chi connectivity index (χ4v) is 1.79. The molecule has 0 heterocycles. The van der Waals surface area contributed by atoms with Gasteiger partial charge in [0.15, 0.2) is 5.75 Å². The van der Waals surface area contributed by atoms with Crippen molar-refractivity contribution in [1.82, 2.24) is 0 Å². The molecule has 90 valence electrons. The van der Waals surface area contributed by atoms with Crippen molar-refractivity contribution in [2.45, 2.75) is 13.8 Å². The van der Waals surface area contributed by atoms with Gasteiger partial charge in [0.2, 0.25) is 0 Å². The van der Waals surface area contributed by atoms with E-state index in [-0.39, 0.29) is 0 Å². The zero-order valence-corrected chi connectivity index (χ0v) is 10.4. The Kier molecular flexibility index (Phi) is 3.20. The number of hydrogen-bond acceptors (Lipinski definition) is 3. The Morgan fingerprint density at radius 2 is 1.61 bits per heavy atom. The molecule has 0 aliphatic rings. The van der Waals surface area contributed by atoms with Gasteiger partial charge in [-0.3, -0.25) is 0 Å². The van der Waals surface area contributed by atoms with E-state index in [0.717, 1.165) is 11.1 Å². The van der Waals surface area contributed by atoms with E-state index in [0.29, 0.717) is 22.7 Å². The van der Waals surface area contributed by atoms with Crippen LogP contribution in [0.2, 0.25) is 0 Å². The largest absolute Gasteiger partial charge is 0.453 e. The lowest BCUT2D eigenvalue weighted by Gasteiger charge is -2.14. The molecule has 2 aromatic rings. The first-order chi connectivity index (χ1) is 8.63. The quantitative estimate of drug-likeness (QED) is 0.814. The van der Waals surface area contributed by atoms with Crippen molar-refractivity contribution in [3.05, 3.63) is 53.1 Å². The van der Waals surface area contributed by atoms with Gasteiger partial charge in [0.1, 0.15) is 11.8 Å². The highest BCUT2D eigenvalue weighted by Gasteiger charge is 2.11. The summed E-state index contributed by atoms with van der Waals surface area (Å²) in [4.78, 5) is 0. The molecule has 2 rings (SSSR count). The third kappa shape index (κ3) is 2.14. The minimum absolute atomic E-state index is 0.512. The van der Waals surface area contributed by atoms with E-state index in [4.69, 9.17) is 15.7 Å². The summed E-state index contributed by atoms with van der Waals surface area (Å²) in [7, 11) is 0. The standard InChI is InChI=1S/C15H14N2O/c1-10-5-3-7-12(9-16)14(10)18-15-11(2)6-4-8-13(15)17/h3-8H,17H2,1-2H3. The molecule has 0 radical (unpaired) electrons. The number of nitrogens with zero attached hydrogens (tertiary/aromatic N) is 1. The lowest BCUT2D eigenvalue weighted by molar-refractivity contribution is 0.476. The fourth-order valence-electron chi connectivity index (χ4n) is 1.79. The molecule has 0 saturated heterocycles. The maximum absolute atomic E-state index is 9.10. The number of rotatable bonds is 2. The second-order valence-corrected chi connectivity index (χ2v) is 4.16. The summed E-state index contributed by atoms with van der Waals surface area (Å²) in [6, 6.07) is 13.2. The van der Waals surface area contributed by atoms with E-state index in [1.165, 1.54) is 0 Å². The van der Waals surface area contributed by atoms with E-state index in [1.54, 1.807) is 12.1 Å². The van der Waals surface area contributed by atoms with Gasteiger partial charge in [-0.2, -0.15) is 5.26 Å². The Balaban J connectivity index is 2.50. The van der Waals surface area contributed by atoms with Gasteiger partial charge >= 0.3 is 0 Å². The molecule has 0 unspecified atom stereocenters. The minimum Gasteiger partial charge on any atom is -0.453 e. The Labute approximate surface area is 106 Å². The van der Waals surface area contributed by atoms with Crippen molar-refractivity contribution in [1.29, 1.82) is 5.26 Å². The topological polar surface area (TPSA) is 59.0 Å². The molecule has 0 atom stereocenters. The summed E-state index contributed by atoms with van der Waals surface area (Å²) >= 11 is 0. The van der Waals surface area contributed by atoms with Crippen LogP contribution in [0.1, 0.15) is 16.7 Å². The highest BCUT2D eigenvalue weighted by atomic mass is 16.5. The normalized spacial score (nSPS) is 9.83. The molecular weight excluding hydrogens is 224 g/mol. The summed E-state index contributed by atoms with van der Waals surface area (Å²) < 4.78 is 5.85. The van der Waals surface area contributed by atoms with Crippen LogP contribution in [0.5, 0.6) is 11.5 Å². The molecule has 0 spiro atoms. The number of ether oxygens (including phenoxy) is 1. The average molecular weight is 238 g/mol. The maximum Gasteiger partial charge on any atom is 0.153 e. The second-order valence-electron chi connectivity index (χ2n) is 4.16. The third-order valence-electron chi connectivity index (χ3n) is 2.78. The number of nitriles is 1. The van der Waals surface area contributed by atoms with Crippen LogP contribution in [0, 0.1) is 25.2 Å². The van der Waals surface area contributed by atoms with E-state index in [1.807, 2.05) is 38.1 Å². The highest BCUT2D eigenvalue weighted by molar-refractivity contribution is 5.60.